The SMILES string of the molecule is C[C@@H]1CN(C2CCC(n3cc(Nc4ncc(-c5ccc(Cl)c(O[C@@H](C)Cn6cnnn6)c5)cn4)c(OCCOC(C)(C)C)n3)CC2)C[C@H](C)O1. The van der Waals surface area contributed by atoms with Crippen molar-refractivity contribution in [3.8, 4) is 22.8 Å². The standard InChI is InChI=1S/C35H49ClN10O4/c1-23-18-44(19-24(2)49-23)28-8-10-29(11-9-28)46-21-31(33(41-46)47-13-14-48-35(4,5)6)40-34-37-16-27(17-38-34)26-7-12-30(36)32(15-26)50-25(3)20-45-22-39-42-43-45/h7,12,15-17,21-25,28-29H,8-11,13-14,18-20H2,1-6H3,(H,37,38,40)/t23-,24+,25-,28?,29?/m0/s1. The Hall–Kier alpha value is -3.85. The molecular formula is C35H49ClN10O4. The number of nitrogens with zero attached hydrogens (tertiary/aromatic N) is 9. The summed E-state index contributed by atoms with van der Waals surface area (Å²) in [6, 6.07) is 6.46. The van der Waals surface area contributed by atoms with Gasteiger partial charge in [0.05, 0.1) is 48.2 Å². The molecule has 0 radical (unpaired) electrons. The first-order valence-corrected chi connectivity index (χ1v) is 17.9. The number of halogens is 1. The van der Waals surface area contributed by atoms with Gasteiger partial charge in [-0.25, -0.2) is 14.6 Å². The van der Waals surface area contributed by atoms with Crippen molar-refractivity contribution in [3.05, 3.63) is 48.1 Å². The fourth-order valence-corrected chi connectivity index (χ4v) is 6.82. The van der Waals surface area contributed by atoms with E-state index in [0.29, 0.717) is 54.1 Å². The molecule has 1 saturated heterocycles. The van der Waals surface area contributed by atoms with E-state index in [1.165, 1.54) is 0 Å². The smallest absolute Gasteiger partial charge is 0.257 e. The van der Waals surface area contributed by atoms with E-state index in [-0.39, 0.29) is 30.0 Å². The Morgan fingerprint density at radius 3 is 2.40 bits per heavy atom. The van der Waals surface area contributed by atoms with Crippen LogP contribution >= 0.6 is 11.6 Å². The third kappa shape index (κ3) is 9.68. The second kappa shape index (κ2) is 16.0. The third-order valence-corrected chi connectivity index (χ3v) is 9.20. The van der Waals surface area contributed by atoms with Crippen LogP contribution in [-0.2, 0) is 16.0 Å². The predicted molar refractivity (Wildman–Crippen MR) is 190 cm³/mol. The van der Waals surface area contributed by atoms with Crippen molar-refractivity contribution in [3.63, 3.8) is 0 Å². The lowest BCUT2D eigenvalue weighted by atomic mass is 9.89. The molecule has 0 spiro atoms. The van der Waals surface area contributed by atoms with E-state index < -0.39 is 0 Å². The lowest BCUT2D eigenvalue weighted by Gasteiger charge is -2.42. The Morgan fingerprint density at radius 1 is 1.00 bits per heavy atom. The number of hydrogen-bond acceptors (Lipinski definition) is 12. The van der Waals surface area contributed by atoms with Gasteiger partial charge in [-0.05, 0) is 95.3 Å². The van der Waals surface area contributed by atoms with Gasteiger partial charge < -0.3 is 24.3 Å². The van der Waals surface area contributed by atoms with Crippen LogP contribution < -0.4 is 14.8 Å². The summed E-state index contributed by atoms with van der Waals surface area (Å²) in [5.41, 5.74) is 2.15. The first-order chi connectivity index (χ1) is 24.0. The number of hydrogen-bond donors (Lipinski definition) is 1. The molecule has 1 aromatic carbocycles. The third-order valence-electron chi connectivity index (χ3n) is 8.89. The summed E-state index contributed by atoms with van der Waals surface area (Å²) < 4.78 is 27.8. The van der Waals surface area contributed by atoms with Gasteiger partial charge in [0.15, 0.2) is 0 Å². The normalized spacial score (nSPS) is 22.3. The molecule has 270 valence electrons. The van der Waals surface area contributed by atoms with Crippen LogP contribution in [0.5, 0.6) is 11.6 Å². The van der Waals surface area contributed by atoms with Crippen LogP contribution in [-0.4, -0.2) is 101 Å². The number of tetrazole rings is 1. The minimum absolute atomic E-state index is 0.209. The second-order valence-electron chi connectivity index (χ2n) is 14.3. The lowest BCUT2D eigenvalue weighted by Crippen LogP contribution is -2.51. The van der Waals surface area contributed by atoms with Crippen LogP contribution in [0.25, 0.3) is 11.1 Å². The molecule has 1 saturated carbocycles. The summed E-state index contributed by atoms with van der Waals surface area (Å²) >= 11 is 6.47. The van der Waals surface area contributed by atoms with Crippen LogP contribution in [0.1, 0.15) is 73.3 Å². The molecule has 6 rings (SSSR count). The van der Waals surface area contributed by atoms with Crippen molar-refractivity contribution in [2.75, 3.05) is 31.6 Å². The van der Waals surface area contributed by atoms with Crippen LogP contribution in [0, 0.1) is 0 Å². The molecule has 2 fully saturated rings. The molecule has 4 heterocycles. The van der Waals surface area contributed by atoms with Gasteiger partial charge >= 0.3 is 0 Å². The van der Waals surface area contributed by atoms with Crippen LogP contribution in [0.2, 0.25) is 5.02 Å². The largest absolute Gasteiger partial charge is 0.487 e. The number of benzene rings is 1. The lowest BCUT2D eigenvalue weighted by molar-refractivity contribution is -0.0852. The molecule has 4 aromatic rings. The summed E-state index contributed by atoms with van der Waals surface area (Å²) in [5, 5.41) is 20.0. The van der Waals surface area contributed by atoms with Crippen molar-refractivity contribution in [1.29, 1.82) is 0 Å². The van der Waals surface area contributed by atoms with E-state index in [1.54, 1.807) is 29.5 Å². The highest BCUT2D eigenvalue weighted by Gasteiger charge is 2.32. The van der Waals surface area contributed by atoms with Gasteiger partial charge in [0.25, 0.3) is 5.88 Å². The zero-order chi connectivity index (χ0) is 35.3. The molecule has 1 aliphatic heterocycles. The number of rotatable bonds is 13. The molecule has 1 N–H and O–H groups in total. The molecule has 3 aromatic heterocycles. The first kappa shape index (κ1) is 36.0. The van der Waals surface area contributed by atoms with Crippen LogP contribution in [0.4, 0.5) is 11.6 Å². The molecule has 1 aliphatic carbocycles. The highest BCUT2D eigenvalue weighted by atomic mass is 35.5. The molecule has 2 aliphatic rings. The van der Waals surface area contributed by atoms with E-state index in [9.17, 15) is 0 Å². The monoisotopic (exact) mass is 708 g/mol. The number of nitrogens with one attached hydrogen (secondary N) is 1. The Balaban J connectivity index is 1.12. The second-order valence-corrected chi connectivity index (χ2v) is 14.7. The maximum Gasteiger partial charge on any atom is 0.257 e. The number of anilines is 2. The Kier molecular flexibility index (Phi) is 11.5. The van der Waals surface area contributed by atoms with Gasteiger partial charge in [-0.15, -0.1) is 10.2 Å². The zero-order valence-corrected chi connectivity index (χ0v) is 30.6. The quantitative estimate of drug-likeness (QED) is 0.164. The van der Waals surface area contributed by atoms with Crippen molar-refractivity contribution < 1.29 is 18.9 Å². The van der Waals surface area contributed by atoms with Gasteiger partial charge in [-0.3, -0.25) is 9.58 Å². The molecule has 0 bridgehead atoms. The number of morpholine rings is 1. The highest BCUT2D eigenvalue weighted by molar-refractivity contribution is 6.32. The average Bonchev–Trinajstić information content (AvgIpc) is 3.74. The van der Waals surface area contributed by atoms with E-state index in [4.69, 9.17) is 35.6 Å². The van der Waals surface area contributed by atoms with E-state index in [1.807, 2.05) is 50.7 Å². The van der Waals surface area contributed by atoms with E-state index >= 15 is 0 Å². The fourth-order valence-electron chi connectivity index (χ4n) is 6.66. The number of aromatic nitrogens is 8. The van der Waals surface area contributed by atoms with E-state index in [0.717, 1.165) is 49.9 Å². The van der Waals surface area contributed by atoms with Gasteiger partial charge in [0.1, 0.15) is 30.5 Å². The van der Waals surface area contributed by atoms with Gasteiger partial charge in [0.2, 0.25) is 5.95 Å². The minimum atomic E-state index is -0.251. The van der Waals surface area contributed by atoms with Crippen LogP contribution in [0.3, 0.4) is 0 Å². The average molecular weight is 709 g/mol. The molecule has 50 heavy (non-hydrogen) atoms. The maximum absolute atomic E-state index is 6.47. The molecule has 14 nitrogen and oxygen atoms in total. The summed E-state index contributed by atoms with van der Waals surface area (Å²) in [4.78, 5) is 11.9. The molecule has 0 amide bonds. The topological polar surface area (TPSA) is 139 Å². The Labute approximate surface area is 298 Å². The summed E-state index contributed by atoms with van der Waals surface area (Å²) in [6.07, 6.45) is 11.8. The van der Waals surface area contributed by atoms with Gasteiger partial charge in [-0.1, -0.05) is 17.7 Å². The highest BCUT2D eigenvalue weighted by Crippen LogP contribution is 2.36. The summed E-state index contributed by atoms with van der Waals surface area (Å²) in [7, 11) is 0. The van der Waals surface area contributed by atoms with Crippen molar-refractivity contribution in [1.82, 2.24) is 44.9 Å². The molecular weight excluding hydrogens is 660 g/mol. The zero-order valence-electron chi connectivity index (χ0n) is 29.8. The van der Waals surface area contributed by atoms with Crippen molar-refractivity contribution in [2.45, 2.75) is 110 Å². The fraction of sp³-hybridized carbons (Fsp3) is 0.600. The Bertz CT molecular complexity index is 1640. The predicted octanol–water partition coefficient (Wildman–Crippen LogP) is 5.98. The Morgan fingerprint density at radius 2 is 1.72 bits per heavy atom. The first-order valence-electron chi connectivity index (χ1n) is 17.5. The van der Waals surface area contributed by atoms with Gasteiger partial charge in [-0.2, -0.15) is 0 Å². The molecule has 0 unspecified atom stereocenters. The minimum Gasteiger partial charge on any atom is -0.487 e. The van der Waals surface area contributed by atoms with Crippen LogP contribution in [0.15, 0.2) is 43.1 Å². The summed E-state index contributed by atoms with van der Waals surface area (Å²) in [5.74, 6) is 1.49. The maximum atomic E-state index is 6.47. The molecule has 3 atom stereocenters. The number of ether oxygens (including phenoxy) is 4. The van der Waals surface area contributed by atoms with Gasteiger partial charge in [0, 0.05) is 37.1 Å². The van der Waals surface area contributed by atoms with Crippen molar-refractivity contribution >= 4 is 23.2 Å². The summed E-state index contributed by atoms with van der Waals surface area (Å²) in [6.45, 7) is 15.7. The van der Waals surface area contributed by atoms with E-state index in [2.05, 4.69) is 49.6 Å². The molecule has 15 heteroatoms. The van der Waals surface area contributed by atoms with Crippen molar-refractivity contribution in [2.24, 2.45) is 0 Å².